The second-order valence-corrected chi connectivity index (χ2v) is 17.0. The minimum atomic E-state index is -0.102. The van der Waals surface area contributed by atoms with E-state index in [2.05, 4.69) is 217 Å². The van der Waals surface area contributed by atoms with Gasteiger partial charge in [0.15, 0.2) is 0 Å². The summed E-state index contributed by atoms with van der Waals surface area (Å²) in [6.07, 6.45) is 0. The van der Waals surface area contributed by atoms with Gasteiger partial charge in [0.2, 0.25) is 5.95 Å². The van der Waals surface area contributed by atoms with Gasteiger partial charge in [0.05, 0.1) is 33.3 Å². The van der Waals surface area contributed by atoms with Gasteiger partial charge in [-0.25, -0.2) is 9.97 Å². The molecule has 4 nitrogen and oxygen atoms in total. The summed E-state index contributed by atoms with van der Waals surface area (Å²) in [5, 5.41) is 8.30. The molecule has 3 heterocycles. The summed E-state index contributed by atoms with van der Waals surface area (Å²) in [7, 11) is 0. The van der Waals surface area contributed by atoms with Gasteiger partial charge in [0.25, 0.3) is 0 Å². The third-order valence-electron chi connectivity index (χ3n) is 13.3. The van der Waals surface area contributed by atoms with Crippen molar-refractivity contribution in [1.82, 2.24) is 19.1 Å². The first-order valence-corrected chi connectivity index (χ1v) is 21.1. The lowest BCUT2D eigenvalue weighted by molar-refractivity contribution is 0.660. The van der Waals surface area contributed by atoms with Crippen LogP contribution >= 0.6 is 0 Å². The molecule has 0 unspecified atom stereocenters. The zero-order chi connectivity index (χ0) is 40.4. The van der Waals surface area contributed by atoms with E-state index in [1.165, 1.54) is 76.9 Å². The Bertz CT molecular complexity index is 3790. The Kier molecular flexibility index (Phi) is 7.04. The van der Waals surface area contributed by atoms with Crippen LogP contribution < -0.4 is 0 Å². The Morgan fingerprint density at radius 3 is 1.85 bits per heavy atom. The normalized spacial score (nSPS) is 13.2. The van der Waals surface area contributed by atoms with Gasteiger partial charge in [-0.15, -0.1) is 0 Å². The number of benzene rings is 9. The first kappa shape index (κ1) is 34.1. The van der Waals surface area contributed by atoms with E-state index in [0.29, 0.717) is 5.95 Å². The van der Waals surface area contributed by atoms with E-state index < -0.39 is 0 Å². The lowest BCUT2D eigenvalue weighted by Gasteiger charge is -2.22. The van der Waals surface area contributed by atoms with Gasteiger partial charge in [0, 0.05) is 43.6 Å². The molecule has 61 heavy (non-hydrogen) atoms. The minimum absolute atomic E-state index is 0.102. The van der Waals surface area contributed by atoms with Crippen LogP contribution in [-0.4, -0.2) is 19.1 Å². The predicted octanol–water partition coefficient (Wildman–Crippen LogP) is 14.6. The average molecular weight is 779 g/mol. The minimum Gasteiger partial charge on any atom is -0.309 e. The van der Waals surface area contributed by atoms with Crippen LogP contribution in [0.4, 0.5) is 0 Å². The van der Waals surface area contributed by atoms with E-state index in [1.807, 2.05) is 0 Å². The SMILES string of the molecule is CC1(C)c2ccccc2-c2ccc(-n3c4ccccc4c4ccc(-c5cc6c(c7ccccc57)c5ccccc5n6-c5nc(-c6ccccc6)c6ccccc6n5)cc43)cc21. The Morgan fingerprint density at radius 1 is 0.377 bits per heavy atom. The van der Waals surface area contributed by atoms with Crippen molar-refractivity contribution in [2.24, 2.45) is 0 Å². The summed E-state index contributed by atoms with van der Waals surface area (Å²) < 4.78 is 4.75. The van der Waals surface area contributed by atoms with Crippen molar-refractivity contribution in [3.8, 4) is 45.1 Å². The molecule has 0 saturated carbocycles. The lowest BCUT2D eigenvalue weighted by Crippen LogP contribution is -2.15. The Labute approximate surface area is 352 Å². The summed E-state index contributed by atoms with van der Waals surface area (Å²) in [6, 6.07) is 70.6. The van der Waals surface area contributed by atoms with Gasteiger partial charge < -0.3 is 4.57 Å². The summed E-state index contributed by atoms with van der Waals surface area (Å²) in [5.41, 5.74) is 16.2. The van der Waals surface area contributed by atoms with E-state index in [0.717, 1.165) is 38.8 Å². The first-order chi connectivity index (χ1) is 30.0. The smallest absolute Gasteiger partial charge is 0.235 e. The lowest BCUT2D eigenvalue weighted by atomic mass is 9.82. The van der Waals surface area contributed by atoms with Crippen LogP contribution in [0.5, 0.6) is 0 Å². The van der Waals surface area contributed by atoms with Crippen molar-refractivity contribution in [3.05, 3.63) is 205 Å². The van der Waals surface area contributed by atoms with Gasteiger partial charge in [-0.05, 0) is 86.6 Å². The molecule has 0 saturated heterocycles. The van der Waals surface area contributed by atoms with Crippen LogP contribution in [0.25, 0.3) is 110 Å². The number of rotatable bonds is 4. The van der Waals surface area contributed by atoms with Crippen molar-refractivity contribution in [2.75, 3.05) is 0 Å². The molecule has 4 heteroatoms. The molecule has 13 rings (SSSR count). The quantitative estimate of drug-likeness (QED) is 0.178. The molecule has 0 amide bonds. The number of aromatic nitrogens is 4. The Morgan fingerprint density at radius 2 is 1.02 bits per heavy atom. The fourth-order valence-electron chi connectivity index (χ4n) is 10.5. The van der Waals surface area contributed by atoms with E-state index in [1.54, 1.807) is 0 Å². The molecular formula is C57H38N4. The highest BCUT2D eigenvalue weighted by molar-refractivity contribution is 6.24. The number of para-hydroxylation sites is 3. The fraction of sp³-hybridized carbons (Fsp3) is 0.0526. The monoisotopic (exact) mass is 778 g/mol. The zero-order valence-corrected chi connectivity index (χ0v) is 33.8. The van der Waals surface area contributed by atoms with Crippen molar-refractivity contribution in [3.63, 3.8) is 0 Å². The topological polar surface area (TPSA) is 35.6 Å². The maximum atomic E-state index is 5.40. The zero-order valence-electron chi connectivity index (χ0n) is 33.8. The number of fused-ring (bicyclic) bond motifs is 12. The van der Waals surface area contributed by atoms with Crippen LogP contribution in [0.1, 0.15) is 25.0 Å². The number of hydrogen-bond donors (Lipinski definition) is 0. The Hall–Kier alpha value is -7.82. The molecule has 0 atom stereocenters. The largest absolute Gasteiger partial charge is 0.309 e. The third kappa shape index (κ3) is 4.82. The molecule has 286 valence electrons. The van der Waals surface area contributed by atoms with Crippen molar-refractivity contribution in [1.29, 1.82) is 0 Å². The van der Waals surface area contributed by atoms with E-state index in [4.69, 9.17) is 9.97 Å². The molecule has 0 spiro atoms. The highest BCUT2D eigenvalue weighted by Gasteiger charge is 2.35. The van der Waals surface area contributed by atoms with Crippen molar-refractivity contribution in [2.45, 2.75) is 19.3 Å². The van der Waals surface area contributed by atoms with E-state index in [9.17, 15) is 0 Å². The van der Waals surface area contributed by atoms with Crippen molar-refractivity contribution < 1.29 is 0 Å². The summed E-state index contributed by atoms with van der Waals surface area (Å²) in [4.78, 5) is 10.7. The summed E-state index contributed by atoms with van der Waals surface area (Å²) in [6.45, 7) is 4.72. The molecule has 0 fully saturated rings. The molecule has 0 aliphatic heterocycles. The maximum Gasteiger partial charge on any atom is 0.235 e. The fourth-order valence-corrected chi connectivity index (χ4v) is 10.5. The molecule has 0 N–H and O–H groups in total. The second kappa shape index (κ2) is 12.6. The van der Waals surface area contributed by atoms with Crippen LogP contribution in [0.2, 0.25) is 0 Å². The van der Waals surface area contributed by atoms with Crippen LogP contribution in [0.15, 0.2) is 194 Å². The Balaban J connectivity index is 1.08. The molecule has 1 aliphatic rings. The molecule has 3 aromatic heterocycles. The van der Waals surface area contributed by atoms with Gasteiger partial charge in [-0.2, -0.15) is 0 Å². The molecular weight excluding hydrogens is 741 g/mol. The average Bonchev–Trinajstić information content (AvgIpc) is 3.91. The number of nitrogens with zero attached hydrogens (tertiary/aromatic N) is 4. The highest BCUT2D eigenvalue weighted by Crippen LogP contribution is 2.50. The van der Waals surface area contributed by atoms with Gasteiger partial charge in [-0.1, -0.05) is 166 Å². The highest BCUT2D eigenvalue weighted by atomic mass is 15.2. The van der Waals surface area contributed by atoms with Crippen molar-refractivity contribution >= 4 is 65.3 Å². The maximum absolute atomic E-state index is 5.40. The molecule has 9 aromatic carbocycles. The van der Waals surface area contributed by atoms with Gasteiger partial charge in [-0.3, -0.25) is 4.57 Å². The van der Waals surface area contributed by atoms with E-state index in [-0.39, 0.29) is 5.41 Å². The number of hydrogen-bond acceptors (Lipinski definition) is 2. The second-order valence-electron chi connectivity index (χ2n) is 17.0. The van der Waals surface area contributed by atoms with Crippen LogP contribution in [0, 0.1) is 0 Å². The van der Waals surface area contributed by atoms with Crippen LogP contribution in [0.3, 0.4) is 0 Å². The summed E-state index contributed by atoms with van der Waals surface area (Å²) in [5.74, 6) is 0.655. The molecule has 0 radical (unpaired) electrons. The van der Waals surface area contributed by atoms with Crippen LogP contribution in [-0.2, 0) is 5.41 Å². The van der Waals surface area contributed by atoms with E-state index >= 15 is 0 Å². The summed E-state index contributed by atoms with van der Waals surface area (Å²) >= 11 is 0. The molecule has 0 bridgehead atoms. The van der Waals surface area contributed by atoms with Gasteiger partial charge >= 0.3 is 0 Å². The standard InChI is InChI=1S/C57H38N4/c1-57(2)47-24-12-8-19-39(47)40-31-29-37(33-48(40)57)60-50-26-14-10-20-41(50)42-30-28-36(32-52(42)60)46-34-53-54(43-21-7-6-18-38(43)46)45-23-11-15-27-51(45)61(53)56-58-49-25-13-9-22-44(49)55(59-56)35-16-4-3-5-17-35/h3-34H,1-2H3. The molecule has 1 aliphatic carbocycles. The predicted molar refractivity (Wildman–Crippen MR) is 254 cm³/mol. The third-order valence-corrected chi connectivity index (χ3v) is 13.3. The van der Waals surface area contributed by atoms with Gasteiger partial charge in [0.1, 0.15) is 0 Å². The molecule has 12 aromatic rings. The first-order valence-electron chi connectivity index (χ1n) is 21.1.